The number of fused-ring (bicyclic) bond motifs is 1. The monoisotopic (exact) mass is 264 g/mol. The minimum Gasteiger partial charge on any atom is -0.344 e. The predicted octanol–water partition coefficient (Wildman–Crippen LogP) is 1.75. The molecule has 0 radical (unpaired) electrons. The average Bonchev–Trinajstić information content (AvgIpc) is 2.98. The Morgan fingerprint density at radius 1 is 1.39 bits per heavy atom. The first kappa shape index (κ1) is 11.7. The zero-order chi connectivity index (χ0) is 12.9. The Labute approximate surface area is 110 Å². The van der Waals surface area contributed by atoms with Gasteiger partial charge in [0.2, 0.25) is 5.91 Å². The van der Waals surface area contributed by atoms with Gasteiger partial charge in [0, 0.05) is 37.9 Å². The molecule has 1 aromatic rings. The second-order valence-electron chi connectivity index (χ2n) is 5.13. The molecule has 18 heavy (non-hydrogen) atoms. The summed E-state index contributed by atoms with van der Waals surface area (Å²) in [5.74, 6) is 0.507. The van der Waals surface area contributed by atoms with Gasteiger partial charge in [-0.05, 0) is 18.9 Å². The van der Waals surface area contributed by atoms with Crippen LogP contribution in [0.1, 0.15) is 27.4 Å². The number of anilines is 1. The van der Waals surface area contributed by atoms with Gasteiger partial charge in [0.15, 0.2) is 0 Å². The fourth-order valence-electron chi connectivity index (χ4n) is 2.27. The fraction of sp³-hybridized carbons (Fsp3) is 0.538. The van der Waals surface area contributed by atoms with Crippen molar-refractivity contribution >= 4 is 28.8 Å². The molecule has 0 saturated heterocycles. The Morgan fingerprint density at radius 2 is 2.11 bits per heavy atom. The number of thiophene rings is 1. The number of rotatable bonds is 2. The number of carbonyl (C=O) groups is 2. The summed E-state index contributed by atoms with van der Waals surface area (Å²) in [5.41, 5.74) is 0.974. The highest BCUT2D eigenvalue weighted by Gasteiger charge is 2.37. The zero-order valence-electron chi connectivity index (χ0n) is 10.6. The zero-order valence-corrected chi connectivity index (χ0v) is 11.4. The summed E-state index contributed by atoms with van der Waals surface area (Å²) in [6.07, 6.45) is 2.94. The summed E-state index contributed by atoms with van der Waals surface area (Å²) in [6.45, 7) is 0.785. The first-order valence-corrected chi connectivity index (χ1v) is 7.05. The molecule has 2 amide bonds. The van der Waals surface area contributed by atoms with Crippen molar-refractivity contribution in [1.29, 1.82) is 0 Å². The second-order valence-corrected chi connectivity index (χ2v) is 6.27. The molecule has 1 aliphatic heterocycles. The van der Waals surface area contributed by atoms with E-state index in [2.05, 4.69) is 0 Å². The van der Waals surface area contributed by atoms with Crippen LogP contribution in [0.2, 0.25) is 0 Å². The van der Waals surface area contributed by atoms with Crippen molar-refractivity contribution in [2.75, 3.05) is 25.5 Å². The van der Waals surface area contributed by atoms with Crippen molar-refractivity contribution in [3.8, 4) is 0 Å². The maximum atomic E-state index is 12.1. The van der Waals surface area contributed by atoms with Crippen LogP contribution in [0.4, 0.5) is 5.69 Å². The molecule has 1 aromatic heterocycles. The lowest BCUT2D eigenvalue weighted by atomic mass is 10.3. The Balaban J connectivity index is 1.87. The molecule has 1 saturated carbocycles. The van der Waals surface area contributed by atoms with E-state index in [1.165, 1.54) is 16.2 Å². The lowest BCUT2D eigenvalue weighted by molar-refractivity contribution is -0.119. The molecule has 2 aliphatic rings. The van der Waals surface area contributed by atoms with E-state index in [0.29, 0.717) is 0 Å². The molecule has 2 heterocycles. The normalized spacial score (nSPS) is 17.8. The van der Waals surface area contributed by atoms with Crippen molar-refractivity contribution in [3.63, 3.8) is 0 Å². The van der Waals surface area contributed by atoms with Crippen LogP contribution in [0.5, 0.6) is 0 Å². The lowest BCUT2D eigenvalue weighted by Gasteiger charge is -2.15. The van der Waals surface area contributed by atoms with E-state index in [4.69, 9.17) is 0 Å². The van der Waals surface area contributed by atoms with Crippen molar-refractivity contribution < 1.29 is 9.59 Å². The number of nitrogens with zero attached hydrogens (tertiary/aromatic N) is 2. The third-order valence-corrected chi connectivity index (χ3v) is 4.62. The Morgan fingerprint density at radius 3 is 2.72 bits per heavy atom. The predicted molar refractivity (Wildman–Crippen MR) is 71.1 cm³/mol. The van der Waals surface area contributed by atoms with Gasteiger partial charge in [0.05, 0.1) is 10.6 Å². The molecular formula is C13H16N2O2S. The van der Waals surface area contributed by atoms with Gasteiger partial charge in [-0.15, -0.1) is 11.3 Å². The van der Waals surface area contributed by atoms with E-state index in [-0.39, 0.29) is 17.7 Å². The van der Waals surface area contributed by atoms with Crippen LogP contribution in [0.25, 0.3) is 0 Å². The van der Waals surface area contributed by atoms with Gasteiger partial charge in [-0.1, -0.05) is 0 Å². The number of hydrogen-bond donors (Lipinski definition) is 0. The van der Waals surface area contributed by atoms with Gasteiger partial charge in [0.1, 0.15) is 0 Å². The van der Waals surface area contributed by atoms with E-state index in [1.54, 1.807) is 19.0 Å². The topological polar surface area (TPSA) is 40.6 Å². The Kier molecular flexibility index (Phi) is 2.66. The summed E-state index contributed by atoms with van der Waals surface area (Å²) in [6, 6.07) is 1.88. The molecule has 0 N–H and O–H groups in total. The Bertz CT molecular complexity index is 517. The number of carbonyl (C=O) groups excluding carboxylic acids is 2. The minimum atomic E-state index is 0.0215. The van der Waals surface area contributed by atoms with Crippen molar-refractivity contribution in [3.05, 3.63) is 15.8 Å². The van der Waals surface area contributed by atoms with Gasteiger partial charge in [-0.25, -0.2) is 0 Å². The van der Waals surface area contributed by atoms with Crippen LogP contribution in [0.3, 0.4) is 0 Å². The van der Waals surface area contributed by atoms with Crippen LogP contribution < -0.4 is 4.90 Å². The molecule has 3 rings (SSSR count). The summed E-state index contributed by atoms with van der Waals surface area (Å²) in [5, 5.41) is 0. The third-order valence-electron chi connectivity index (χ3n) is 3.45. The highest BCUT2D eigenvalue weighted by atomic mass is 32.1. The summed E-state index contributed by atoms with van der Waals surface area (Å²) < 4.78 is 0. The summed E-state index contributed by atoms with van der Waals surface area (Å²) in [7, 11) is 3.50. The van der Waals surface area contributed by atoms with Crippen LogP contribution in [0, 0.1) is 5.92 Å². The van der Waals surface area contributed by atoms with Crippen molar-refractivity contribution in [1.82, 2.24) is 4.90 Å². The maximum Gasteiger partial charge on any atom is 0.263 e. The standard InChI is InChI=1S/C13H16N2O2S/c1-14(2)13(17)11-7-9-10(18-11)5-6-15(9)12(16)8-3-4-8/h7-8H,3-6H2,1-2H3. The highest BCUT2D eigenvalue weighted by Crippen LogP contribution is 2.40. The second kappa shape index (κ2) is 4.09. The molecule has 1 fully saturated rings. The molecule has 0 unspecified atom stereocenters. The van der Waals surface area contributed by atoms with Crippen LogP contribution in [-0.4, -0.2) is 37.4 Å². The first-order valence-electron chi connectivity index (χ1n) is 6.23. The van der Waals surface area contributed by atoms with Crippen LogP contribution >= 0.6 is 11.3 Å². The highest BCUT2D eigenvalue weighted by molar-refractivity contribution is 7.14. The average molecular weight is 264 g/mol. The molecule has 0 aromatic carbocycles. The van der Waals surface area contributed by atoms with E-state index in [1.807, 2.05) is 11.0 Å². The molecule has 4 nitrogen and oxygen atoms in total. The van der Waals surface area contributed by atoms with Gasteiger partial charge in [-0.2, -0.15) is 0 Å². The lowest BCUT2D eigenvalue weighted by Crippen LogP contribution is -2.30. The summed E-state index contributed by atoms with van der Waals surface area (Å²) >= 11 is 1.53. The minimum absolute atomic E-state index is 0.0215. The van der Waals surface area contributed by atoms with Crippen LogP contribution in [-0.2, 0) is 11.2 Å². The number of amides is 2. The van der Waals surface area contributed by atoms with Gasteiger partial charge >= 0.3 is 0 Å². The van der Waals surface area contributed by atoms with Crippen LogP contribution in [0.15, 0.2) is 6.07 Å². The summed E-state index contributed by atoms with van der Waals surface area (Å²) in [4.78, 5) is 29.4. The molecule has 0 atom stereocenters. The Hall–Kier alpha value is -1.36. The van der Waals surface area contributed by atoms with E-state index >= 15 is 0 Å². The number of hydrogen-bond acceptors (Lipinski definition) is 3. The molecule has 96 valence electrons. The molecule has 5 heteroatoms. The third kappa shape index (κ3) is 1.82. The van der Waals surface area contributed by atoms with Gasteiger partial charge in [-0.3, -0.25) is 9.59 Å². The molecular weight excluding hydrogens is 248 g/mol. The maximum absolute atomic E-state index is 12.1. The molecule has 0 bridgehead atoms. The van der Waals surface area contributed by atoms with E-state index in [0.717, 1.165) is 36.4 Å². The smallest absolute Gasteiger partial charge is 0.263 e. The van der Waals surface area contributed by atoms with Gasteiger partial charge in [0.25, 0.3) is 5.91 Å². The molecule has 1 aliphatic carbocycles. The first-order chi connectivity index (χ1) is 8.58. The van der Waals surface area contributed by atoms with Crippen molar-refractivity contribution in [2.24, 2.45) is 5.92 Å². The van der Waals surface area contributed by atoms with Gasteiger partial charge < -0.3 is 9.80 Å². The van der Waals surface area contributed by atoms with E-state index < -0.39 is 0 Å². The quantitative estimate of drug-likeness (QED) is 0.816. The van der Waals surface area contributed by atoms with E-state index in [9.17, 15) is 9.59 Å². The molecule has 0 spiro atoms. The van der Waals surface area contributed by atoms with Crippen molar-refractivity contribution in [2.45, 2.75) is 19.3 Å². The fourth-order valence-corrected chi connectivity index (χ4v) is 3.44. The SMILES string of the molecule is CN(C)C(=O)c1cc2c(s1)CCN2C(=O)C1CC1. The largest absolute Gasteiger partial charge is 0.344 e.